The SMILES string of the molecule is CCC1(C)CCN(C(C)CC(C)(N)C(=O)O)CC1. The van der Waals surface area contributed by atoms with Gasteiger partial charge in [0.1, 0.15) is 5.54 Å². The third kappa shape index (κ3) is 3.69. The molecule has 2 unspecified atom stereocenters. The lowest BCUT2D eigenvalue weighted by Gasteiger charge is -2.42. The third-order valence-electron chi connectivity index (χ3n) is 4.69. The molecule has 3 N–H and O–H groups in total. The summed E-state index contributed by atoms with van der Waals surface area (Å²) in [7, 11) is 0. The summed E-state index contributed by atoms with van der Waals surface area (Å²) in [6.07, 6.45) is 4.12. The van der Waals surface area contributed by atoms with Crippen molar-refractivity contribution in [1.29, 1.82) is 0 Å². The number of aliphatic carboxylic acids is 1. The number of rotatable bonds is 5. The van der Waals surface area contributed by atoms with Crippen molar-refractivity contribution in [1.82, 2.24) is 4.90 Å². The van der Waals surface area contributed by atoms with Gasteiger partial charge in [-0.05, 0) is 51.6 Å². The molecule has 18 heavy (non-hydrogen) atoms. The molecule has 0 spiro atoms. The molecule has 1 fully saturated rings. The lowest BCUT2D eigenvalue weighted by molar-refractivity contribution is -0.143. The smallest absolute Gasteiger partial charge is 0.323 e. The Bertz CT molecular complexity index is 294. The van der Waals surface area contributed by atoms with E-state index in [2.05, 4.69) is 25.7 Å². The maximum Gasteiger partial charge on any atom is 0.323 e. The van der Waals surface area contributed by atoms with Crippen LogP contribution in [0.1, 0.15) is 53.4 Å². The second-order valence-corrected chi connectivity index (χ2v) is 6.48. The van der Waals surface area contributed by atoms with E-state index in [1.807, 2.05) is 0 Å². The largest absolute Gasteiger partial charge is 0.480 e. The van der Waals surface area contributed by atoms with Crippen LogP contribution in [0.5, 0.6) is 0 Å². The van der Waals surface area contributed by atoms with Crippen LogP contribution in [0.3, 0.4) is 0 Å². The molecule has 0 aliphatic carbocycles. The minimum absolute atomic E-state index is 0.234. The molecule has 1 saturated heterocycles. The molecular formula is C14H28N2O2. The number of nitrogens with two attached hydrogens (primary N) is 1. The first kappa shape index (κ1) is 15.4. The summed E-state index contributed by atoms with van der Waals surface area (Å²) in [5.74, 6) is -0.912. The van der Waals surface area contributed by atoms with E-state index >= 15 is 0 Å². The van der Waals surface area contributed by atoms with E-state index in [9.17, 15) is 4.79 Å². The van der Waals surface area contributed by atoms with Gasteiger partial charge in [-0.2, -0.15) is 0 Å². The van der Waals surface area contributed by atoms with Crippen LogP contribution in [0.2, 0.25) is 0 Å². The van der Waals surface area contributed by atoms with Crippen molar-refractivity contribution >= 4 is 5.97 Å². The Kier molecular flexibility index (Phi) is 4.78. The minimum atomic E-state index is -1.12. The molecule has 106 valence electrons. The summed E-state index contributed by atoms with van der Waals surface area (Å²) in [6.45, 7) is 10.4. The number of carboxylic acid groups (broad SMARTS) is 1. The van der Waals surface area contributed by atoms with Crippen molar-refractivity contribution in [3.63, 3.8) is 0 Å². The molecule has 1 aliphatic heterocycles. The fraction of sp³-hybridized carbons (Fsp3) is 0.929. The van der Waals surface area contributed by atoms with E-state index in [1.165, 1.54) is 19.3 Å². The summed E-state index contributed by atoms with van der Waals surface area (Å²) in [6, 6.07) is 0.234. The molecule has 0 aromatic carbocycles. The monoisotopic (exact) mass is 256 g/mol. The van der Waals surface area contributed by atoms with Crippen LogP contribution in [0.15, 0.2) is 0 Å². The van der Waals surface area contributed by atoms with E-state index in [1.54, 1.807) is 6.92 Å². The van der Waals surface area contributed by atoms with Crippen LogP contribution in [0, 0.1) is 5.41 Å². The van der Waals surface area contributed by atoms with E-state index < -0.39 is 11.5 Å². The molecule has 0 aromatic heterocycles. The highest BCUT2D eigenvalue weighted by atomic mass is 16.4. The Morgan fingerprint density at radius 3 is 2.39 bits per heavy atom. The zero-order valence-corrected chi connectivity index (χ0v) is 12.2. The fourth-order valence-electron chi connectivity index (χ4n) is 2.69. The van der Waals surface area contributed by atoms with Gasteiger partial charge in [0.25, 0.3) is 0 Å². The van der Waals surface area contributed by atoms with Crippen LogP contribution in [-0.4, -0.2) is 40.6 Å². The molecular weight excluding hydrogens is 228 g/mol. The van der Waals surface area contributed by atoms with Crippen molar-refractivity contribution in [3.05, 3.63) is 0 Å². The number of likely N-dealkylation sites (tertiary alicyclic amines) is 1. The second kappa shape index (κ2) is 5.57. The molecule has 4 heteroatoms. The lowest BCUT2D eigenvalue weighted by atomic mass is 9.77. The van der Waals surface area contributed by atoms with Gasteiger partial charge in [-0.15, -0.1) is 0 Å². The predicted octanol–water partition coefficient (Wildman–Crippen LogP) is 2.08. The first-order chi connectivity index (χ1) is 8.20. The van der Waals surface area contributed by atoms with Gasteiger partial charge in [0, 0.05) is 6.04 Å². The Balaban J connectivity index is 2.50. The molecule has 0 amide bonds. The van der Waals surface area contributed by atoms with Gasteiger partial charge in [-0.3, -0.25) is 4.79 Å². The Morgan fingerprint density at radius 2 is 2.00 bits per heavy atom. The number of carboxylic acids is 1. The van der Waals surface area contributed by atoms with E-state index in [0.29, 0.717) is 11.8 Å². The first-order valence-corrected chi connectivity index (χ1v) is 6.96. The normalized spacial score (nSPS) is 25.4. The van der Waals surface area contributed by atoms with Gasteiger partial charge in [0.2, 0.25) is 0 Å². The summed E-state index contributed by atoms with van der Waals surface area (Å²) in [4.78, 5) is 13.4. The maximum absolute atomic E-state index is 11.0. The highest BCUT2D eigenvalue weighted by molar-refractivity contribution is 5.77. The van der Waals surface area contributed by atoms with Gasteiger partial charge in [0.15, 0.2) is 0 Å². The first-order valence-electron chi connectivity index (χ1n) is 6.96. The Morgan fingerprint density at radius 1 is 1.50 bits per heavy atom. The highest BCUT2D eigenvalue weighted by Crippen LogP contribution is 2.35. The topological polar surface area (TPSA) is 66.6 Å². The molecule has 0 radical (unpaired) electrons. The fourth-order valence-corrected chi connectivity index (χ4v) is 2.69. The highest BCUT2D eigenvalue weighted by Gasteiger charge is 2.35. The number of hydrogen-bond acceptors (Lipinski definition) is 3. The number of piperidine rings is 1. The quantitative estimate of drug-likeness (QED) is 0.790. The van der Waals surface area contributed by atoms with Crippen LogP contribution in [0.4, 0.5) is 0 Å². The zero-order valence-electron chi connectivity index (χ0n) is 12.2. The molecule has 2 atom stereocenters. The van der Waals surface area contributed by atoms with Crippen molar-refractivity contribution in [3.8, 4) is 0 Å². The van der Waals surface area contributed by atoms with Crippen LogP contribution >= 0.6 is 0 Å². The van der Waals surface area contributed by atoms with E-state index in [4.69, 9.17) is 10.8 Å². The molecule has 0 bridgehead atoms. The lowest BCUT2D eigenvalue weighted by Crippen LogP contribution is -2.52. The summed E-state index contributed by atoms with van der Waals surface area (Å²) < 4.78 is 0. The molecule has 1 rings (SSSR count). The molecule has 0 aromatic rings. The maximum atomic E-state index is 11.0. The van der Waals surface area contributed by atoms with Crippen LogP contribution < -0.4 is 5.73 Å². The third-order valence-corrected chi connectivity index (χ3v) is 4.69. The standard InChI is InChI=1S/C14H28N2O2/c1-5-13(3)6-8-16(9-7-13)11(2)10-14(4,15)12(17)18/h11H,5-10,15H2,1-4H3,(H,17,18). The van der Waals surface area contributed by atoms with Crippen molar-refractivity contribution < 1.29 is 9.90 Å². The summed E-state index contributed by atoms with van der Waals surface area (Å²) in [5, 5.41) is 9.07. The van der Waals surface area contributed by atoms with Gasteiger partial charge in [-0.25, -0.2) is 0 Å². The van der Waals surface area contributed by atoms with E-state index in [0.717, 1.165) is 13.1 Å². The van der Waals surface area contributed by atoms with Gasteiger partial charge in [0.05, 0.1) is 0 Å². The Labute approximate surface area is 111 Å². The van der Waals surface area contributed by atoms with Crippen LogP contribution in [0.25, 0.3) is 0 Å². The number of nitrogens with zero attached hydrogens (tertiary/aromatic N) is 1. The Hall–Kier alpha value is -0.610. The average Bonchev–Trinajstić information content (AvgIpc) is 2.29. The minimum Gasteiger partial charge on any atom is -0.480 e. The summed E-state index contributed by atoms with van der Waals surface area (Å²) in [5.41, 5.74) is 5.17. The zero-order chi connectivity index (χ0) is 14.0. The van der Waals surface area contributed by atoms with Crippen molar-refractivity contribution in [2.75, 3.05) is 13.1 Å². The second-order valence-electron chi connectivity index (χ2n) is 6.48. The number of hydrogen-bond donors (Lipinski definition) is 2. The van der Waals surface area contributed by atoms with E-state index in [-0.39, 0.29) is 6.04 Å². The number of carbonyl (C=O) groups is 1. The molecule has 1 heterocycles. The van der Waals surface area contributed by atoms with Crippen molar-refractivity contribution in [2.45, 2.75) is 65.0 Å². The predicted molar refractivity (Wildman–Crippen MR) is 73.5 cm³/mol. The molecule has 4 nitrogen and oxygen atoms in total. The molecule has 1 aliphatic rings. The van der Waals surface area contributed by atoms with Crippen LogP contribution in [-0.2, 0) is 4.79 Å². The van der Waals surface area contributed by atoms with Gasteiger partial charge >= 0.3 is 5.97 Å². The molecule has 0 saturated carbocycles. The summed E-state index contributed by atoms with van der Waals surface area (Å²) >= 11 is 0. The van der Waals surface area contributed by atoms with Crippen molar-refractivity contribution in [2.24, 2.45) is 11.1 Å². The van der Waals surface area contributed by atoms with Gasteiger partial charge < -0.3 is 15.7 Å². The average molecular weight is 256 g/mol. The van der Waals surface area contributed by atoms with Gasteiger partial charge in [-0.1, -0.05) is 20.3 Å².